The molecular weight excluding hydrogens is 362 g/mol. The van der Waals surface area contributed by atoms with Crippen LogP contribution in [0.5, 0.6) is 17.2 Å². The van der Waals surface area contributed by atoms with Crippen LogP contribution in [-0.2, 0) is 11.3 Å². The van der Waals surface area contributed by atoms with Crippen molar-refractivity contribution in [1.29, 1.82) is 0 Å². The molecule has 0 saturated heterocycles. The van der Waals surface area contributed by atoms with Crippen molar-refractivity contribution in [2.24, 2.45) is 0 Å². The Labute approximate surface area is 162 Å². The summed E-state index contributed by atoms with van der Waals surface area (Å²) in [5.74, 6) is 2.48. The quantitative estimate of drug-likeness (QED) is 0.639. The summed E-state index contributed by atoms with van der Waals surface area (Å²) < 4.78 is 21.0. The number of hydrogen-bond acceptors (Lipinski definition) is 7. The minimum Gasteiger partial charge on any atom is -0.497 e. The highest BCUT2D eigenvalue weighted by Crippen LogP contribution is 2.20. The second-order valence-electron chi connectivity index (χ2n) is 5.89. The summed E-state index contributed by atoms with van der Waals surface area (Å²) in [5.41, 5.74) is 0.790. The van der Waals surface area contributed by atoms with Crippen LogP contribution >= 0.6 is 0 Å². The number of benzene rings is 2. The Balaban J connectivity index is 1.52. The molecule has 0 spiro atoms. The van der Waals surface area contributed by atoms with Gasteiger partial charge in [-0.25, -0.2) is 0 Å². The predicted molar refractivity (Wildman–Crippen MR) is 101 cm³/mol. The average Bonchev–Trinajstić information content (AvgIpc) is 3.21. The van der Waals surface area contributed by atoms with E-state index < -0.39 is 6.10 Å². The van der Waals surface area contributed by atoms with Gasteiger partial charge in [0.15, 0.2) is 6.10 Å². The summed E-state index contributed by atoms with van der Waals surface area (Å²) in [6.07, 6.45) is -0.683. The van der Waals surface area contributed by atoms with Gasteiger partial charge in [-0.05, 0) is 55.5 Å². The largest absolute Gasteiger partial charge is 0.497 e. The minimum atomic E-state index is -0.683. The van der Waals surface area contributed by atoms with Gasteiger partial charge in [-0.3, -0.25) is 4.79 Å². The third-order valence-electron chi connectivity index (χ3n) is 3.97. The lowest BCUT2D eigenvalue weighted by atomic mass is 10.2. The highest BCUT2D eigenvalue weighted by molar-refractivity contribution is 5.80. The number of hydrogen-bond donors (Lipinski definition) is 1. The molecular formula is C20H21N3O5. The molecule has 8 nitrogen and oxygen atoms in total. The van der Waals surface area contributed by atoms with Gasteiger partial charge < -0.3 is 24.1 Å². The van der Waals surface area contributed by atoms with E-state index in [0.29, 0.717) is 23.2 Å². The van der Waals surface area contributed by atoms with Gasteiger partial charge in [0.2, 0.25) is 11.7 Å². The Kier molecular flexibility index (Phi) is 6.11. The lowest BCUT2D eigenvalue weighted by Crippen LogP contribution is -2.35. The first-order valence-electron chi connectivity index (χ1n) is 8.64. The summed E-state index contributed by atoms with van der Waals surface area (Å²) in [6.45, 7) is 1.77. The van der Waals surface area contributed by atoms with Crippen LogP contribution in [0.1, 0.15) is 12.8 Å². The van der Waals surface area contributed by atoms with Crippen LogP contribution in [0.15, 0.2) is 53.1 Å². The number of nitrogens with one attached hydrogen (secondary N) is 1. The van der Waals surface area contributed by atoms with Gasteiger partial charge in [0.05, 0.1) is 20.8 Å². The molecule has 2 aromatic carbocycles. The van der Waals surface area contributed by atoms with E-state index in [2.05, 4.69) is 15.5 Å². The smallest absolute Gasteiger partial charge is 0.261 e. The SMILES string of the molecule is COc1ccc(OC(C)C(=O)NCc2nc(-c3ccc(OC)cc3)no2)cc1. The molecule has 28 heavy (non-hydrogen) atoms. The Bertz CT molecular complexity index is 906. The lowest BCUT2D eigenvalue weighted by Gasteiger charge is -2.14. The van der Waals surface area contributed by atoms with Gasteiger partial charge >= 0.3 is 0 Å². The van der Waals surface area contributed by atoms with Crippen molar-refractivity contribution in [2.75, 3.05) is 14.2 Å². The summed E-state index contributed by atoms with van der Waals surface area (Å²) in [5, 5.41) is 6.65. The molecule has 1 heterocycles. The van der Waals surface area contributed by atoms with E-state index in [1.165, 1.54) is 0 Å². The van der Waals surface area contributed by atoms with Crippen molar-refractivity contribution in [3.05, 3.63) is 54.4 Å². The monoisotopic (exact) mass is 383 g/mol. The van der Waals surface area contributed by atoms with E-state index in [-0.39, 0.29) is 12.5 Å². The first kappa shape index (κ1) is 19.2. The van der Waals surface area contributed by atoms with Crippen molar-refractivity contribution >= 4 is 5.91 Å². The summed E-state index contributed by atoms with van der Waals surface area (Å²) >= 11 is 0. The van der Waals surface area contributed by atoms with Gasteiger partial charge in [-0.15, -0.1) is 0 Å². The standard InChI is InChI=1S/C20H21N3O5/c1-13(27-17-10-8-16(26-3)9-11-17)20(24)21-12-18-22-19(23-28-18)14-4-6-15(25-2)7-5-14/h4-11,13H,12H2,1-3H3,(H,21,24). The van der Waals surface area contributed by atoms with Gasteiger partial charge in [-0.2, -0.15) is 4.98 Å². The topological polar surface area (TPSA) is 95.7 Å². The predicted octanol–water partition coefficient (Wildman–Crippen LogP) is 2.84. The Morgan fingerprint density at radius 3 is 2.18 bits per heavy atom. The molecule has 0 radical (unpaired) electrons. The number of carbonyl (C=O) groups excluding carboxylic acids is 1. The first-order chi connectivity index (χ1) is 13.6. The molecule has 0 aliphatic carbocycles. The fourth-order valence-electron chi connectivity index (χ4n) is 2.40. The Morgan fingerprint density at radius 1 is 1.00 bits per heavy atom. The maximum absolute atomic E-state index is 12.2. The Morgan fingerprint density at radius 2 is 1.57 bits per heavy atom. The molecule has 3 rings (SSSR count). The van der Waals surface area contributed by atoms with E-state index in [1.807, 2.05) is 24.3 Å². The molecule has 1 N–H and O–H groups in total. The lowest BCUT2D eigenvalue weighted by molar-refractivity contribution is -0.127. The van der Waals surface area contributed by atoms with Gasteiger partial charge in [-0.1, -0.05) is 5.16 Å². The number of methoxy groups -OCH3 is 2. The molecule has 1 unspecified atom stereocenters. The highest BCUT2D eigenvalue weighted by Gasteiger charge is 2.16. The summed E-state index contributed by atoms with van der Waals surface area (Å²) in [4.78, 5) is 16.5. The van der Waals surface area contributed by atoms with Crippen molar-refractivity contribution in [3.8, 4) is 28.6 Å². The molecule has 1 amide bonds. The van der Waals surface area contributed by atoms with Crippen molar-refractivity contribution in [2.45, 2.75) is 19.6 Å². The number of rotatable bonds is 8. The maximum atomic E-state index is 12.2. The van der Waals surface area contributed by atoms with Crippen molar-refractivity contribution in [1.82, 2.24) is 15.5 Å². The molecule has 8 heteroatoms. The first-order valence-corrected chi connectivity index (χ1v) is 8.64. The zero-order valence-electron chi connectivity index (χ0n) is 15.8. The second-order valence-corrected chi connectivity index (χ2v) is 5.89. The number of ether oxygens (including phenoxy) is 3. The van der Waals surface area contributed by atoms with Crippen LogP contribution < -0.4 is 19.5 Å². The van der Waals surface area contributed by atoms with Crippen LogP contribution in [0.4, 0.5) is 0 Å². The normalized spacial score (nSPS) is 11.5. The molecule has 0 saturated carbocycles. The number of carbonyl (C=O) groups is 1. The summed E-state index contributed by atoms with van der Waals surface area (Å²) in [6, 6.07) is 14.3. The number of aromatic nitrogens is 2. The second kappa shape index (κ2) is 8.90. The number of amides is 1. The van der Waals surface area contributed by atoms with Crippen LogP contribution in [0.3, 0.4) is 0 Å². The van der Waals surface area contributed by atoms with Gasteiger partial charge in [0.1, 0.15) is 17.2 Å². The maximum Gasteiger partial charge on any atom is 0.261 e. The molecule has 0 aliphatic rings. The fourth-order valence-corrected chi connectivity index (χ4v) is 2.40. The van der Waals surface area contributed by atoms with Crippen molar-refractivity contribution < 1.29 is 23.5 Å². The van der Waals surface area contributed by atoms with Crippen LogP contribution in [0, 0.1) is 0 Å². The molecule has 0 fully saturated rings. The van der Waals surface area contributed by atoms with E-state index in [9.17, 15) is 4.79 Å². The fraction of sp³-hybridized carbons (Fsp3) is 0.250. The molecule has 3 aromatic rings. The van der Waals surface area contributed by atoms with Crippen molar-refractivity contribution in [3.63, 3.8) is 0 Å². The van der Waals surface area contributed by atoms with E-state index in [4.69, 9.17) is 18.7 Å². The van der Waals surface area contributed by atoms with Gasteiger partial charge in [0, 0.05) is 5.56 Å². The van der Waals surface area contributed by atoms with Crippen LogP contribution in [0.2, 0.25) is 0 Å². The molecule has 146 valence electrons. The molecule has 1 atom stereocenters. The van der Waals surface area contributed by atoms with Crippen LogP contribution in [0.25, 0.3) is 11.4 Å². The molecule has 0 aliphatic heterocycles. The molecule has 1 aromatic heterocycles. The van der Waals surface area contributed by atoms with Crippen LogP contribution in [-0.4, -0.2) is 36.4 Å². The zero-order valence-corrected chi connectivity index (χ0v) is 15.8. The minimum absolute atomic E-state index is 0.109. The molecule has 0 bridgehead atoms. The van der Waals surface area contributed by atoms with Gasteiger partial charge in [0.25, 0.3) is 5.91 Å². The zero-order chi connectivity index (χ0) is 19.9. The Hall–Kier alpha value is -3.55. The van der Waals surface area contributed by atoms with E-state index in [1.54, 1.807) is 45.4 Å². The third kappa shape index (κ3) is 4.79. The highest BCUT2D eigenvalue weighted by atomic mass is 16.5. The number of nitrogens with zero attached hydrogens (tertiary/aromatic N) is 2. The van der Waals surface area contributed by atoms with E-state index in [0.717, 1.165) is 11.3 Å². The average molecular weight is 383 g/mol. The summed E-state index contributed by atoms with van der Waals surface area (Å²) in [7, 11) is 3.19. The third-order valence-corrected chi connectivity index (χ3v) is 3.97. The van der Waals surface area contributed by atoms with E-state index >= 15 is 0 Å².